The average Bonchev–Trinajstić information content (AvgIpc) is 2.42. The molecule has 1 aliphatic rings. The molecule has 0 aliphatic carbocycles. The average molecular weight is 100 g/mol. The molecule has 1 rings (SSSR count). The van der Waals surface area contributed by atoms with Crippen LogP contribution in [0.3, 0.4) is 0 Å². The molecule has 0 radical (unpaired) electrons. The molecule has 0 spiro atoms. The summed E-state index contributed by atoms with van der Waals surface area (Å²) in [6, 6.07) is 0. The van der Waals surface area contributed by atoms with E-state index in [0.29, 0.717) is 12.7 Å². The minimum absolute atomic E-state index is 0.359. The summed E-state index contributed by atoms with van der Waals surface area (Å²) >= 11 is 0. The fraction of sp³-hybridized carbons (Fsp3) is 0.600. The van der Waals surface area contributed by atoms with E-state index in [0.717, 1.165) is 6.61 Å². The van der Waals surface area contributed by atoms with Gasteiger partial charge in [-0.05, 0) is 0 Å². The molecule has 7 heavy (non-hydrogen) atoms. The third-order valence-electron chi connectivity index (χ3n) is 0.802. The molecule has 0 N–H and O–H groups in total. The highest BCUT2D eigenvalue weighted by Gasteiger charge is 2.21. The van der Waals surface area contributed by atoms with E-state index >= 15 is 0 Å². The lowest BCUT2D eigenvalue weighted by atomic mass is 10.5. The second kappa shape index (κ2) is 1.98. The van der Waals surface area contributed by atoms with Crippen molar-refractivity contribution in [3.8, 4) is 0 Å². The van der Waals surface area contributed by atoms with Crippen molar-refractivity contribution in [2.45, 2.75) is 6.10 Å². The largest absolute Gasteiger partial charge is 0.499 e. The first-order valence-electron chi connectivity index (χ1n) is 2.27. The van der Waals surface area contributed by atoms with Crippen LogP contribution in [0, 0.1) is 0 Å². The number of rotatable bonds is 3. The molecule has 2 heteroatoms. The molecule has 0 aromatic heterocycles. The Hall–Kier alpha value is -0.500. The highest BCUT2D eigenvalue weighted by atomic mass is 16.6. The van der Waals surface area contributed by atoms with E-state index in [1.807, 2.05) is 0 Å². The van der Waals surface area contributed by atoms with Gasteiger partial charge in [-0.2, -0.15) is 0 Å². The molecule has 0 aromatic carbocycles. The van der Waals surface area contributed by atoms with Gasteiger partial charge in [-0.3, -0.25) is 0 Å². The highest BCUT2D eigenvalue weighted by Crippen LogP contribution is 2.07. The monoisotopic (exact) mass is 100 g/mol. The van der Waals surface area contributed by atoms with Gasteiger partial charge < -0.3 is 9.47 Å². The summed E-state index contributed by atoms with van der Waals surface area (Å²) in [6.45, 7) is 4.91. The summed E-state index contributed by atoms with van der Waals surface area (Å²) in [5, 5.41) is 0. The van der Waals surface area contributed by atoms with Crippen LogP contribution < -0.4 is 0 Å². The second-order valence-corrected chi connectivity index (χ2v) is 1.46. The fourth-order valence-corrected chi connectivity index (χ4v) is 0.340. The van der Waals surface area contributed by atoms with E-state index in [2.05, 4.69) is 6.58 Å². The molecule has 1 atom stereocenters. The van der Waals surface area contributed by atoms with Crippen molar-refractivity contribution in [1.82, 2.24) is 0 Å². The van der Waals surface area contributed by atoms with Gasteiger partial charge in [0.25, 0.3) is 0 Å². The van der Waals surface area contributed by atoms with E-state index in [9.17, 15) is 0 Å². The van der Waals surface area contributed by atoms with Gasteiger partial charge >= 0.3 is 0 Å². The first kappa shape index (κ1) is 4.65. The zero-order chi connectivity index (χ0) is 5.11. The Bertz CT molecular complexity index is 66.5. The molecule has 1 saturated heterocycles. The molecule has 0 bridgehead atoms. The Labute approximate surface area is 42.7 Å². The van der Waals surface area contributed by atoms with Gasteiger partial charge in [0.1, 0.15) is 12.7 Å². The van der Waals surface area contributed by atoms with Crippen molar-refractivity contribution >= 4 is 0 Å². The molecule has 1 fully saturated rings. The molecule has 1 aliphatic heterocycles. The van der Waals surface area contributed by atoms with Crippen molar-refractivity contribution in [2.75, 3.05) is 13.2 Å². The van der Waals surface area contributed by atoms with Crippen LogP contribution in [-0.2, 0) is 9.47 Å². The summed E-state index contributed by atoms with van der Waals surface area (Å²) in [6.07, 6.45) is 1.79. The standard InChI is InChI=1S/C5H8O2/c1-2-6-3-5-4-7-5/h2,5H,1,3-4H2/t5-/m1/s1. The van der Waals surface area contributed by atoms with Gasteiger partial charge in [0.15, 0.2) is 0 Å². The third kappa shape index (κ3) is 1.59. The molecular weight excluding hydrogens is 92.1 g/mol. The zero-order valence-electron chi connectivity index (χ0n) is 4.09. The van der Waals surface area contributed by atoms with Crippen LogP contribution in [0.15, 0.2) is 12.8 Å². The molecule has 1 heterocycles. The van der Waals surface area contributed by atoms with Crippen molar-refractivity contribution in [1.29, 1.82) is 0 Å². The summed E-state index contributed by atoms with van der Waals surface area (Å²) in [7, 11) is 0. The van der Waals surface area contributed by atoms with Crippen LogP contribution in [0.4, 0.5) is 0 Å². The topological polar surface area (TPSA) is 21.8 Å². The Kier molecular flexibility index (Phi) is 1.32. The van der Waals surface area contributed by atoms with Crippen molar-refractivity contribution in [3.05, 3.63) is 12.8 Å². The normalized spacial score (nSPS) is 26.6. The number of hydrogen-bond donors (Lipinski definition) is 0. The Morgan fingerprint density at radius 2 is 2.71 bits per heavy atom. The molecule has 0 saturated carbocycles. The molecule has 40 valence electrons. The molecule has 0 unspecified atom stereocenters. The smallest absolute Gasteiger partial charge is 0.116 e. The van der Waals surface area contributed by atoms with Crippen LogP contribution in [0.25, 0.3) is 0 Å². The van der Waals surface area contributed by atoms with Gasteiger partial charge in [-0.25, -0.2) is 0 Å². The minimum atomic E-state index is 0.359. The number of ether oxygens (including phenoxy) is 2. The Morgan fingerprint density at radius 3 is 3.14 bits per heavy atom. The van der Waals surface area contributed by atoms with Crippen LogP contribution in [0.5, 0.6) is 0 Å². The zero-order valence-corrected chi connectivity index (χ0v) is 4.09. The lowest BCUT2D eigenvalue weighted by Crippen LogP contribution is -1.94. The molecular formula is C5H8O2. The van der Waals surface area contributed by atoms with Gasteiger partial charge in [0.05, 0.1) is 12.9 Å². The maximum Gasteiger partial charge on any atom is 0.116 e. The van der Waals surface area contributed by atoms with E-state index in [-0.39, 0.29) is 0 Å². The third-order valence-corrected chi connectivity index (χ3v) is 0.802. The quantitative estimate of drug-likeness (QED) is 0.381. The summed E-state index contributed by atoms with van der Waals surface area (Å²) in [4.78, 5) is 0. The van der Waals surface area contributed by atoms with Crippen LogP contribution in [-0.4, -0.2) is 19.3 Å². The van der Waals surface area contributed by atoms with Gasteiger partial charge in [0, 0.05) is 0 Å². The van der Waals surface area contributed by atoms with E-state index in [1.54, 1.807) is 0 Å². The van der Waals surface area contributed by atoms with E-state index < -0.39 is 0 Å². The van der Waals surface area contributed by atoms with Gasteiger partial charge in [-0.1, -0.05) is 6.58 Å². The van der Waals surface area contributed by atoms with Crippen molar-refractivity contribution in [2.24, 2.45) is 0 Å². The first-order valence-corrected chi connectivity index (χ1v) is 2.27. The maximum absolute atomic E-state index is 4.84. The summed E-state index contributed by atoms with van der Waals surface area (Å²) in [5.74, 6) is 0. The highest BCUT2D eigenvalue weighted by molar-refractivity contribution is 4.68. The van der Waals surface area contributed by atoms with E-state index in [4.69, 9.17) is 9.47 Å². The van der Waals surface area contributed by atoms with Crippen LogP contribution in [0.2, 0.25) is 0 Å². The summed E-state index contributed by atoms with van der Waals surface area (Å²) < 4.78 is 9.63. The Balaban J connectivity index is 1.88. The lowest BCUT2D eigenvalue weighted by molar-refractivity contribution is 0.213. The number of epoxide rings is 1. The van der Waals surface area contributed by atoms with Crippen molar-refractivity contribution < 1.29 is 9.47 Å². The van der Waals surface area contributed by atoms with Gasteiger partial charge in [0.2, 0.25) is 0 Å². The number of hydrogen-bond acceptors (Lipinski definition) is 2. The maximum atomic E-state index is 4.84. The summed E-state index contributed by atoms with van der Waals surface area (Å²) in [5.41, 5.74) is 0. The predicted molar refractivity (Wildman–Crippen MR) is 25.9 cm³/mol. The van der Waals surface area contributed by atoms with Crippen LogP contribution >= 0.6 is 0 Å². The fourth-order valence-electron chi connectivity index (χ4n) is 0.340. The minimum Gasteiger partial charge on any atom is -0.499 e. The van der Waals surface area contributed by atoms with Gasteiger partial charge in [-0.15, -0.1) is 0 Å². The molecule has 0 aromatic rings. The van der Waals surface area contributed by atoms with Crippen molar-refractivity contribution in [3.63, 3.8) is 0 Å². The predicted octanol–water partition coefficient (Wildman–Crippen LogP) is 0.545. The van der Waals surface area contributed by atoms with Crippen LogP contribution in [0.1, 0.15) is 0 Å². The first-order chi connectivity index (χ1) is 3.43. The second-order valence-electron chi connectivity index (χ2n) is 1.46. The lowest BCUT2D eigenvalue weighted by Gasteiger charge is -1.90. The molecule has 2 nitrogen and oxygen atoms in total. The van der Waals surface area contributed by atoms with E-state index in [1.165, 1.54) is 6.26 Å². The molecule has 0 amide bonds. The Morgan fingerprint density at radius 1 is 2.00 bits per heavy atom. The SMILES string of the molecule is C=COC[C@@H]1CO1.